The van der Waals surface area contributed by atoms with Crippen LogP contribution in [0.4, 0.5) is 5.69 Å². The molecule has 11 heteroatoms. The summed E-state index contributed by atoms with van der Waals surface area (Å²) in [4.78, 5) is 29.6. The van der Waals surface area contributed by atoms with Gasteiger partial charge in [-0.05, 0) is 48.2 Å². The molecule has 1 atom stereocenters. The lowest BCUT2D eigenvalue weighted by molar-refractivity contribution is -0.140. The van der Waals surface area contributed by atoms with Crippen LogP contribution in [0.1, 0.15) is 36.8 Å². The van der Waals surface area contributed by atoms with E-state index in [0.717, 1.165) is 47.4 Å². The highest BCUT2D eigenvalue weighted by Crippen LogP contribution is 2.36. The lowest BCUT2D eigenvalue weighted by Gasteiger charge is -2.34. The number of amides is 2. The van der Waals surface area contributed by atoms with Gasteiger partial charge >= 0.3 is 0 Å². The molecule has 0 radical (unpaired) electrons. The number of fused-ring (bicyclic) bond motifs is 1. The minimum Gasteiger partial charge on any atom is -0.454 e. The van der Waals surface area contributed by atoms with Gasteiger partial charge in [0.15, 0.2) is 11.5 Å². The average Bonchev–Trinajstić information content (AvgIpc) is 3.66. The molecule has 9 nitrogen and oxygen atoms in total. The Labute approximate surface area is 251 Å². The number of sulfonamides is 1. The van der Waals surface area contributed by atoms with Crippen molar-refractivity contribution in [3.63, 3.8) is 0 Å². The quantitative estimate of drug-likeness (QED) is 0.342. The molecule has 1 aliphatic heterocycles. The van der Waals surface area contributed by atoms with Crippen LogP contribution in [0.3, 0.4) is 0 Å². The van der Waals surface area contributed by atoms with E-state index in [2.05, 4.69) is 5.32 Å². The van der Waals surface area contributed by atoms with Gasteiger partial charge in [0.05, 0.1) is 11.9 Å². The first-order valence-electron chi connectivity index (χ1n) is 13.9. The maximum Gasteiger partial charge on any atom is 0.244 e. The van der Waals surface area contributed by atoms with Crippen LogP contribution in [0.5, 0.6) is 11.5 Å². The van der Waals surface area contributed by atoms with Gasteiger partial charge in [0.2, 0.25) is 28.6 Å². The molecule has 3 aromatic rings. The zero-order valence-corrected chi connectivity index (χ0v) is 24.9. The fourth-order valence-corrected chi connectivity index (χ4v) is 6.33. The summed E-state index contributed by atoms with van der Waals surface area (Å²) in [6.45, 7) is -0.388. The minimum atomic E-state index is -3.89. The Balaban J connectivity index is 1.50. The number of hydrogen-bond donors (Lipinski definition) is 1. The topological polar surface area (TPSA) is 105 Å². The fraction of sp³-hybridized carbons (Fsp3) is 0.355. The second kappa shape index (κ2) is 13.0. The van der Waals surface area contributed by atoms with Crippen LogP contribution in [0.25, 0.3) is 0 Å². The molecule has 3 aromatic carbocycles. The maximum atomic E-state index is 14.2. The average molecular weight is 612 g/mol. The SMILES string of the molecule is CS(=O)(=O)N(CC(=O)N(Cc1ccc(Cl)cc1)[C@@H](Cc1ccccc1)C(=O)NC1CCCC1)c1ccc2c(c1)OCO2. The van der Waals surface area contributed by atoms with Crippen molar-refractivity contribution in [1.82, 2.24) is 10.2 Å². The molecular weight excluding hydrogens is 578 g/mol. The van der Waals surface area contributed by atoms with E-state index >= 15 is 0 Å². The predicted octanol–water partition coefficient (Wildman–Crippen LogP) is 4.53. The van der Waals surface area contributed by atoms with Crippen LogP contribution in [-0.4, -0.2) is 56.8 Å². The molecule has 0 aromatic heterocycles. The van der Waals surface area contributed by atoms with Gasteiger partial charge in [-0.15, -0.1) is 0 Å². The lowest BCUT2D eigenvalue weighted by atomic mass is 10.0. The number of anilines is 1. The van der Waals surface area contributed by atoms with Crippen molar-refractivity contribution in [2.45, 2.75) is 50.7 Å². The third kappa shape index (κ3) is 7.35. The van der Waals surface area contributed by atoms with E-state index in [9.17, 15) is 18.0 Å². The molecule has 2 aliphatic rings. The Bertz CT molecular complexity index is 1510. The van der Waals surface area contributed by atoms with Gasteiger partial charge in [0.25, 0.3) is 0 Å². The number of hydrogen-bond acceptors (Lipinski definition) is 6. The van der Waals surface area contributed by atoms with Crippen molar-refractivity contribution in [2.24, 2.45) is 0 Å². The molecule has 0 bridgehead atoms. The third-order valence-corrected chi connectivity index (χ3v) is 8.95. The molecule has 1 saturated carbocycles. The van der Waals surface area contributed by atoms with Crippen molar-refractivity contribution in [3.05, 3.63) is 88.9 Å². The maximum absolute atomic E-state index is 14.2. The number of nitrogens with zero attached hydrogens (tertiary/aromatic N) is 2. The van der Waals surface area contributed by atoms with Crippen molar-refractivity contribution >= 4 is 39.1 Å². The molecule has 1 fully saturated rings. The molecule has 42 heavy (non-hydrogen) atoms. The van der Waals surface area contributed by atoms with Gasteiger partial charge in [0, 0.05) is 30.1 Å². The second-order valence-corrected chi connectivity index (χ2v) is 13.0. The van der Waals surface area contributed by atoms with E-state index in [1.54, 1.807) is 36.4 Å². The first-order chi connectivity index (χ1) is 20.2. The van der Waals surface area contributed by atoms with Crippen LogP contribution in [0, 0.1) is 0 Å². The summed E-state index contributed by atoms with van der Waals surface area (Å²) in [7, 11) is -3.89. The fourth-order valence-electron chi connectivity index (χ4n) is 5.36. The zero-order chi connectivity index (χ0) is 29.7. The largest absolute Gasteiger partial charge is 0.454 e. The van der Waals surface area contributed by atoms with Crippen molar-refractivity contribution < 1.29 is 27.5 Å². The van der Waals surface area contributed by atoms with E-state index < -0.39 is 28.5 Å². The highest BCUT2D eigenvalue weighted by Gasteiger charge is 2.34. The molecule has 1 heterocycles. The first kappa shape index (κ1) is 29.7. The highest BCUT2D eigenvalue weighted by atomic mass is 35.5. The molecule has 0 spiro atoms. The summed E-state index contributed by atoms with van der Waals surface area (Å²) in [5.41, 5.74) is 1.90. The van der Waals surface area contributed by atoms with E-state index in [-0.39, 0.29) is 37.4 Å². The molecule has 0 unspecified atom stereocenters. The summed E-state index contributed by atoms with van der Waals surface area (Å²) in [5, 5.41) is 3.70. The van der Waals surface area contributed by atoms with Crippen molar-refractivity contribution in [3.8, 4) is 11.5 Å². The Morgan fingerprint density at radius 1 is 0.952 bits per heavy atom. The van der Waals surface area contributed by atoms with E-state index in [1.807, 2.05) is 30.3 Å². The highest BCUT2D eigenvalue weighted by molar-refractivity contribution is 7.92. The lowest BCUT2D eigenvalue weighted by Crippen LogP contribution is -2.54. The molecule has 1 aliphatic carbocycles. The van der Waals surface area contributed by atoms with Gasteiger partial charge < -0.3 is 19.7 Å². The molecule has 2 amide bonds. The summed E-state index contributed by atoms with van der Waals surface area (Å²) in [6.07, 6.45) is 5.17. The molecule has 5 rings (SSSR count). The Morgan fingerprint density at radius 3 is 2.33 bits per heavy atom. The number of nitrogens with one attached hydrogen (secondary N) is 1. The normalized spacial score (nSPS) is 15.3. The van der Waals surface area contributed by atoms with Crippen molar-refractivity contribution in [2.75, 3.05) is 23.9 Å². The molecular formula is C31H34ClN3O6S. The van der Waals surface area contributed by atoms with Crippen LogP contribution in [-0.2, 0) is 32.6 Å². The Morgan fingerprint density at radius 2 is 1.64 bits per heavy atom. The van der Waals surface area contributed by atoms with Gasteiger partial charge in [-0.2, -0.15) is 0 Å². The third-order valence-electron chi connectivity index (χ3n) is 7.56. The van der Waals surface area contributed by atoms with E-state index in [1.165, 1.54) is 11.0 Å². The summed E-state index contributed by atoms with van der Waals surface area (Å²) in [5.74, 6) is 0.108. The van der Waals surface area contributed by atoms with Gasteiger partial charge in [-0.1, -0.05) is 66.9 Å². The smallest absolute Gasteiger partial charge is 0.244 e. The minimum absolute atomic E-state index is 0.0305. The van der Waals surface area contributed by atoms with E-state index in [0.29, 0.717) is 16.5 Å². The number of benzene rings is 3. The number of carbonyl (C=O) groups is 2. The number of ether oxygens (including phenoxy) is 2. The predicted molar refractivity (Wildman–Crippen MR) is 161 cm³/mol. The monoisotopic (exact) mass is 611 g/mol. The first-order valence-corrected chi connectivity index (χ1v) is 16.2. The van der Waals surface area contributed by atoms with Crippen LogP contribution in [0.15, 0.2) is 72.8 Å². The molecule has 0 saturated heterocycles. The Kier molecular flexibility index (Phi) is 9.23. The van der Waals surface area contributed by atoms with Crippen molar-refractivity contribution in [1.29, 1.82) is 0 Å². The Hall–Kier alpha value is -3.76. The van der Waals surface area contributed by atoms with E-state index in [4.69, 9.17) is 21.1 Å². The number of carbonyl (C=O) groups excluding carboxylic acids is 2. The molecule has 222 valence electrons. The molecule has 1 N–H and O–H groups in total. The van der Waals surface area contributed by atoms with Crippen LogP contribution < -0.4 is 19.1 Å². The summed E-state index contributed by atoms with van der Waals surface area (Å²) in [6, 6.07) is 20.4. The summed E-state index contributed by atoms with van der Waals surface area (Å²) < 4.78 is 37.8. The van der Waals surface area contributed by atoms with Gasteiger partial charge in [0.1, 0.15) is 12.6 Å². The zero-order valence-electron chi connectivity index (χ0n) is 23.4. The standard InChI is InChI=1S/C31H34ClN3O6S/c1-42(38,39)35(26-15-16-28-29(18-26)41-21-40-28)20-30(36)34(19-23-11-13-24(32)14-12-23)27(17-22-7-3-2-4-8-22)31(37)33-25-9-5-6-10-25/h2-4,7-8,11-16,18,25,27H,5-6,9-10,17,19-21H2,1H3,(H,33,37)/t27-/m0/s1. The van der Waals surface area contributed by atoms with Gasteiger partial charge in [-0.3, -0.25) is 13.9 Å². The second-order valence-electron chi connectivity index (χ2n) is 10.7. The number of halogens is 1. The van der Waals surface area contributed by atoms with Crippen LogP contribution >= 0.6 is 11.6 Å². The van der Waals surface area contributed by atoms with Gasteiger partial charge in [-0.25, -0.2) is 8.42 Å². The number of rotatable bonds is 11. The van der Waals surface area contributed by atoms with Crippen LogP contribution in [0.2, 0.25) is 5.02 Å². The summed E-state index contributed by atoms with van der Waals surface area (Å²) >= 11 is 6.12.